The zero-order valence-electron chi connectivity index (χ0n) is 8.54. The molecule has 2 aromatic rings. The second kappa shape index (κ2) is 4.39. The molecule has 2 rings (SSSR count). The Bertz CT molecular complexity index is 497. The molecule has 3 N–H and O–H groups in total. The zero-order chi connectivity index (χ0) is 11.5. The Labute approximate surface area is 93.8 Å². The summed E-state index contributed by atoms with van der Waals surface area (Å²) in [5.41, 5.74) is 1.88. The van der Waals surface area contributed by atoms with E-state index in [9.17, 15) is 15.2 Å². The first kappa shape index (κ1) is 10.7. The Hall–Kier alpha value is -1.78. The van der Waals surface area contributed by atoms with Gasteiger partial charge in [0.15, 0.2) is 0 Å². The molecule has 0 spiro atoms. The number of hydrogen-bond acceptors (Lipinski definition) is 3. The summed E-state index contributed by atoms with van der Waals surface area (Å²) < 4.78 is 0. The van der Waals surface area contributed by atoms with Gasteiger partial charge >= 0.3 is 7.12 Å². The third-order valence-corrected chi connectivity index (χ3v) is 2.40. The normalized spacial score (nSPS) is 10.1. The highest BCUT2D eigenvalue weighted by Gasteiger charge is 2.16. The molecular weight excluding hydrogens is 203 g/mol. The van der Waals surface area contributed by atoms with Crippen molar-refractivity contribution in [1.82, 2.24) is 0 Å². The number of rotatable bonds is 2. The molecule has 4 heteroatoms. The third-order valence-electron chi connectivity index (χ3n) is 2.40. The monoisotopic (exact) mass is 214 g/mol. The molecule has 3 nitrogen and oxygen atoms in total. The van der Waals surface area contributed by atoms with Crippen LogP contribution in [0.4, 0.5) is 0 Å². The van der Waals surface area contributed by atoms with Crippen LogP contribution in [0.25, 0.3) is 11.1 Å². The van der Waals surface area contributed by atoms with Crippen molar-refractivity contribution < 1.29 is 15.2 Å². The van der Waals surface area contributed by atoms with Crippen molar-refractivity contribution in [2.24, 2.45) is 0 Å². The summed E-state index contributed by atoms with van der Waals surface area (Å²) in [6.07, 6.45) is 0. The van der Waals surface area contributed by atoms with E-state index in [2.05, 4.69) is 0 Å². The predicted molar refractivity (Wildman–Crippen MR) is 63.4 cm³/mol. The molecule has 0 amide bonds. The van der Waals surface area contributed by atoms with E-state index in [1.54, 1.807) is 42.5 Å². The average Bonchev–Trinajstić information content (AvgIpc) is 2.29. The van der Waals surface area contributed by atoms with Gasteiger partial charge in [0, 0.05) is 0 Å². The molecule has 0 saturated heterocycles. The van der Waals surface area contributed by atoms with Crippen LogP contribution in [-0.2, 0) is 0 Å². The van der Waals surface area contributed by atoms with Gasteiger partial charge in [0.05, 0.1) is 0 Å². The topological polar surface area (TPSA) is 60.7 Å². The second-order valence-corrected chi connectivity index (χ2v) is 3.51. The minimum atomic E-state index is -1.52. The minimum Gasteiger partial charge on any atom is -0.508 e. The van der Waals surface area contributed by atoms with Gasteiger partial charge in [-0.1, -0.05) is 36.4 Å². The fraction of sp³-hybridized carbons (Fsp3) is 0. The second-order valence-electron chi connectivity index (χ2n) is 3.51. The lowest BCUT2D eigenvalue weighted by Crippen LogP contribution is -2.31. The molecule has 0 heterocycles. The van der Waals surface area contributed by atoms with E-state index in [1.807, 2.05) is 6.07 Å². The van der Waals surface area contributed by atoms with E-state index in [1.165, 1.54) is 0 Å². The van der Waals surface area contributed by atoms with Crippen LogP contribution in [0.1, 0.15) is 0 Å². The van der Waals surface area contributed by atoms with Crippen molar-refractivity contribution in [2.75, 3.05) is 0 Å². The lowest BCUT2D eigenvalue weighted by Gasteiger charge is -2.08. The van der Waals surface area contributed by atoms with Gasteiger partial charge in [-0.3, -0.25) is 0 Å². The number of phenolic OH excluding ortho intramolecular Hbond substituents is 1. The molecule has 0 aliphatic rings. The molecule has 0 bridgehead atoms. The molecule has 0 radical (unpaired) electrons. The predicted octanol–water partition coefficient (Wildman–Crippen LogP) is 0.739. The standard InChI is InChI=1S/C12H11BO3/c14-10-5-3-4-9(8-10)11-6-1-2-7-12(11)13(15)16/h1-8,14-16H. The molecule has 0 saturated carbocycles. The van der Waals surface area contributed by atoms with Crippen LogP contribution in [0.15, 0.2) is 48.5 Å². The Morgan fingerprint density at radius 1 is 0.875 bits per heavy atom. The molecule has 0 aromatic heterocycles. The summed E-state index contributed by atoms with van der Waals surface area (Å²) in [7, 11) is -1.52. The number of benzene rings is 2. The van der Waals surface area contributed by atoms with E-state index in [4.69, 9.17) is 0 Å². The number of aromatic hydroxyl groups is 1. The van der Waals surface area contributed by atoms with Gasteiger partial charge in [0.2, 0.25) is 0 Å². The van der Waals surface area contributed by atoms with E-state index < -0.39 is 7.12 Å². The van der Waals surface area contributed by atoms with E-state index >= 15 is 0 Å². The maximum atomic E-state index is 9.38. The van der Waals surface area contributed by atoms with Gasteiger partial charge in [-0.2, -0.15) is 0 Å². The quantitative estimate of drug-likeness (QED) is 0.646. The van der Waals surface area contributed by atoms with Crippen LogP contribution >= 0.6 is 0 Å². The van der Waals surface area contributed by atoms with Crippen molar-refractivity contribution >= 4 is 12.6 Å². The van der Waals surface area contributed by atoms with Crippen molar-refractivity contribution in [3.05, 3.63) is 48.5 Å². The molecular formula is C12H11BO3. The number of hydrogen-bond donors (Lipinski definition) is 3. The van der Waals surface area contributed by atoms with Gasteiger partial charge < -0.3 is 15.2 Å². The molecule has 80 valence electrons. The highest BCUT2D eigenvalue weighted by atomic mass is 16.4. The van der Waals surface area contributed by atoms with Gasteiger partial charge in [-0.05, 0) is 28.7 Å². The van der Waals surface area contributed by atoms with Gasteiger partial charge in [0.1, 0.15) is 5.75 Å². The van der Waals surface area contributed by atoms with Crippen LogP contribution in [0.3, 0.4) is 0 Å². The highest BCUT2D eigenvalue weighted by molar-refractivity contribution is 6.60. The smallest absolute Gasteiger partial charge is 0.489 e. The van der Waals surface area contributed by atoms with Gasteiger partial charge in [-0.15, -0.1) is 0 Å². The lowest BCUT2D eigenvalue weighted by molar-refractivity contribution is 0.426. The van der Waals surface area contributed by atoms with Gasteiger partial charge in [-0.25, -0.2) is 0 Å². The van der Waals surface area contributed by atoms with Crippen LogP contribution in [-0.4, -0.2) is 22.3 Å². The Morgan fingerprint density at radius 3 is 2.31 bits per heavy atom. The zero-order valence-corrected chi connectivity index (χ0v) is 8.54. The highest BCUT2D eigenvalue weighted by Crippen LogP contribution is 2.21. The molecule has 0 fully saturated rings. The summed E-state index contributed by atoms with van der Waals surface area (Å²) in [5, 5.41) is 27.8. The van der Waals surface area contributed by atoms with Crippen LogP contribution in [0.5, 0.6) is 5.75 Å². The number of phenols is 1. The largest absolute Gasteiger partial charge is 0.508 e. The lowest BCUT2D eigenvalue weighted by atomic mass is 9.75. The van der Waals surface area contributed by atoms with Crippen molar-refractivity contribution in [2.45, 2.75) is 0 Å². The molecule has 0 aliphatic heterocycles. The molecule has 0 atom stereocenters. The summed E-state index contributed by atoms with van der Waals surface area (Å²) in [4.78, 5) is 0. The molecule has 0 aliphatic carbocycles. The van der Waals surface area contributed by atoms with Crippen molar-refractivity contribution in [3.8, 4) is 16.9 Å². The summed E-state index contributed by atoms with van der Waals surface area (Å²) in [6, 6.07) is 13.6. The molecule has 0 unspecified atom stereocenters. The summed E-state index contributed by atoms with van der Waals surface area (Å²) >= 11 is 0. The first-order chi connectivity index (χ1) is 7.68. The van der Waals surface area contributed by atoms with Crippen LogP contribution < -0.4 is 5.46 Å². The maximum absolute atomic E-state index is 9.38. The third kappa shape index (κ3) is 2.08. The Kier molecular flexibility index (Phi) is 2.94. The van der Waals surface area contributed by atoms with Gasteiger partial charge in [0.25, 0.3) is 0 Å². The fourth-order valence-corrected chi connectivity index (χ4v) is 1.66. The molecule has 2 aromatic carbocycles. The maximum Gasteiger partial charge on any atom is 0.489 e. The minimum absolute atomic E-state index is 0.153. The average molecular weight is 214 g/mol. The SMILES string of the molecule is OB(O)c1ccccc1-c1cccc(O)c1. The Morgan fingerprint density at radius 2 is 1.62 bits per heavy atom. The first-order valence-electron chi connectivity index (χ1n) is 4.93. The van der Waals surface area contributed by atoms with E-state index in [-0.39, 0.29) is 5.75 Å². The summed E-state index contributed by atoms with van der Waals surface area (Å²) in [5.74, 6) is 0.153. The van der Waals surface area contributed by atoms with Crippen LogP contribution in [0, 0.1) is 0 Å². The van der Waals surface area contributed by atoms with E-state index in [0.29, 0.717) is 11.0 Å². The van der Waals surface area contributed by atoms with E-state index in [0.717, 1.165) is 5.56 Å². The first-order valence-corrected chi connectivity index (χ1v) is 4.93. The molecule has 16 heavy (non-hydrogen) atoms. The van der Waals surface area contributed by atoms with Crippen molar-refractivity contribution in [3.63, 3.8) is 0 Å². The van der Waals surface area contributed by atoms with Crippen molar-refractivity contribution in [1.29, 1.82) is 0 Å². The summed E-state index contributed by atoms with van der Waals surface area (Å²) in [6.45, 7) is 0. The fourth-order valence-electron chi connectivity index (χ4n) is 1.66. The van der Waals surface area contributed by atoms with Crippen LogP contribution in [0.2, 0.25) is 0 Å². The Balaban J connectivity index is 2.55.